The van der Waals surface area contributed by atoms with Crippen LogP contribution >= 0.6 is 11.6 Å². The molecule has 0 heterocycles. The van der Waals surface area contributed by atoms with Gasteiger partial charge in [0.25, 0.3) is 0 Å². The molecule has 1 rings (SSSR count). The van der Waals surface area contributed by atoms with E-state index in [0.717, 1.165) is 0 Å². The summed E-state index contributed by atoms with van der Waals surface area (Å²) in [7, 11) is 0. The fourth-order valence-electron chi connectivity index (χ4n) is 0.657. The maximum Gasteiger partial charge on any atom is 0.426 e. The van der Waals surface area contributed by atoms with E-state index >= 15 is 0 Å². The fourth-order valence-corrected chi connectivity index (χ4v) is 0.831. The molecule has 0 aromatic heterocycles. The van der Waals surface area contributed by atoms with E-state index in [0.29, 0.717) is 5.02 Å². The molecule has 5 heteroatoms. The van der Waals surface area contributed by atoms with Crippen molar-refractivity contribution in [3.05, 3.63) is 29.3 Å². The molecule has 4 nitrogen and oxygen atoms in total. The number of benzene rings is 1. The first-order chi connectivity index (χ1) is 5.74. The van der Waals surface area contributed by atoms with E-state index in [1.165, 1.54) is 0 Å². The first-order valence-electron chi connectivity index (χ1n) is 3.17. The standard InChI is InChI=1S/C7H7ClN2O2/c8-5-3-1-2-4-6(5)12-7(11)10-9/h1-4H,9H2,(H,10,11). The van der Waals surface area contributed by atoms with Gasteiger partial charge in [-0.25, -0.2) is 10.6 Å². The molecule has 0 radical (unpaired) electrons. The largest absolute Gasteiger partial charge is 0.426 e. The number of rotatable bonds is 1. The van der Waals surface area contributed by atoms with Gasteiger partial charge in [0.2, 0.25) is 0 Å². The number of hydrogen-bond donors (Lipinski definition) is 2. The molecular formula is C7H7ClN2O2. The lowest BCUT2D eigenvalue weighted by Gasteiger charge is -2.03. The molecule has 12 heavy (non-hydrogen) atoms. The van der Waals surface area contributed by atoms with Gasteiger partial charge in [-0.1, -0.05) is 23.7 Å². The Morgan fingerprint density at radius 1 is 1.50 bits per heavy atom. The lowest BCUT2D eigenvalue weighted by Crippen LogP contribution is -2.32. The van der Waals surface area contributed by atoms with Gasteiger partial charge in [-0.05, 0) is 12.1 Å². The highest BCUT2D eigenvalue weighted by molar-refractivity contribution is 6.32. The summed E-state index contributed by atoms with van der Waals surface area (Å²) in [5, 5.41) is 0.362. The second-order valence-corrected chi connectivity index (χ2v) is 2.37. The van der Waals surface area contributed by atoms with Crippen LogP contribution in [0.3, 0.4) is 0 Å². The van der Waals surface area contributed by atoms with Crippen LogP contribution in [0.1, 0.15) is 0 Å². The summed E-state index contributed by atoms with van der Waals surface area (Å²) in [6, 6.07) is 6.61. The van der Waals surface area contributed by atoms with Gasteiger partial charge in [-0.3, -0.25) is 5.43 Å². The monoisotopic (exact) mass is 186 g/mol. The number of carbonyl (C=O) groups is 1. The molecule has 64 valence electrons. The van der Waals surface area contributed by atoms with Crippen LogP contribution in [0, 0.1) is 0 Å². The van der Waals surface area contributed by atoms with Crippen LogP contribution in [0.5, 0.6) is 5.75 Å². The van der Waals surface area contributed by atoms with Crippen molar-refractivity contribution in [2.45, 2.75) is 0 Å². The zero-order valence-corrected chi connectivity index (χ0v) is 6.84. The molecule has 1 aromatic rings. The van der Waals surface area contributed by atoms with Gasteiger partial charge >= 0.3 is 6.09 Å². The van der Waals surface area contributed by atoms with Gasteiger partial charge in [0, 0.05) is 0 Å². The number of amides is 1. The van der Waals surface area contributed by atoms with Crippen LogP contribution in [0.2, 0.25) is 5.02 Å². The maximum absolute atomic E-state index is 10.6. The molecule has 0 spiro atoms. The van der Waals surface area contributed by atoms with Crippen molar-refractivity contribution >= 4 is 17.7 Å². The Labute approximate surface area is 74.2 Å². The zero-order chi connectivity index (χ0) is 8.97. The molecule has 3 N–H and O–H groups in total. The van der Waals surface area contributed by atoms with E-state index < -0.39 is 6.09 Å². The van der Waals surface area contributed by atoms with Crippen molar-refractivity contribution in [3.8, 4) is 5.75 Å². The Balaban J connectivity index is 2.75. The second-order valence-electron chi connectivity index (χ2n) is 1.96. The molecule has 0 fully saturated rings. The van der Waals surface area contributed by atoms with E-state index in [-0.39, 0.29) is 5.75 Å². The van der Waals surface area contributed by atoms with E-state index in [9.17, 15) is 4.79 Å². The Kier molecular flexibility index (Phi) is 2.90. The van der Waals surface area contributed by atoms with Crippen molar-refractivity contribution in [1.29, 1.82) is 0 Å². The molecule has 0 unspecified atom stereocenters. The Morgan fingerprint density at radius 3 is 2.75 bits per heavy atom. The third kappa shape index (κ3) is 2.11. The van der Waals surface area contributed by atoms with E-state index in [4.69, 9.17) is 17.4 Å². The maximum atomic E-state index is 10.6. The predicted octanol–water partition coefficient (Wildman–Crippen LogP) is 1.30. The number of carbonyl (C=O) groups excluding carboxylic acids is 1. The summed E-state index contributed by atoms with van der Waals surface area (Å²) in [6.45, 7) is 0. The third-order valence-corrected chi connectivity index (χ3v) is 1.47. The molecule has 0 bridgehead atoms. The summed E-state index contributed by atoms with van der Waals surface area (Å²) < 4.78 is 4.69. The number of halogens is 1. The third-order valence-electron chi connectivity index (χ3n) is 1.16. The minimum Gasteiger partial charge on any atom is -0.408 e. The Bertz CT molecular complexity index is 290. The van der Waals surface area contributed by atoms with Crippen LogP contribution in [-0.2, 0) is 0 Å². The quantitative estimate of drug-likeness (QED) is 0.395. The van der Waals surface area contributed by atoms with E-state index in [1.54, 1.807) is 24.3 Å². The number of hydrazine groups is 1. The average Bonchev–Trinajstić information content (AvgIpc) is 2.09. The van der Waals surface area contributed by atoms with Crippen LogP contribution < -0.4 is 16.0 Å². The lowest BCUT2D eigenvalue weighted by atomic mass is 10.3. The van der Waals surface area contributed by atoms with Gasteiger partial charge in [0.1, 0.15) is 0 Å². The summed E-state index contributed by atoms with van der Waals surface area (Å²) in [5.74, 6) is 5.08. The highest BCUT2D eigenvalue weighted by Gasteiger charge is 2.04. The lowest BCUT2D eigenvalue weighted by molar-refractivity contribution is 0.201. The smallest absolute Gasteiger partial charge is 0.408 e. The molecular weight excluding hydrogens is 180 g/mol. The molecule has 0 saturated carbocycles. The molecule has 0 saturated heterocycles. The minimum atomic E-state index is -0.747. The summed E-state index contributed by atoms with van der Waals surface area (Å²) in [5.41, 5.74) is 1.82. The number of para-hydroxylation sites is 1. The van der Waals surface area contributed by atoms with Crippen molar-refractivity contribution in [2.24, 2.45) is 5.84 Å². The zero-order valence-electron chi connectivity index (χ0n) is 6.08. The van der Waals surface area contributed by atoms with Crippen LogP contribution in [0.15, 0.2) is 24.3 Å². The van der Waals surface area contributed by atoms with Crippen LogP contribution in [0.25, 0.3) is 0 Å². The van der Waals surface area contributed by atoms with Crippen LogP contribution in [-0.4, -0.2) is 6.09 Å². The number of nitrogens with one attached hydrogen (secondary N) is 1. The predicted molar refractivity (Wildman–Crippen MR) is 44.8 cm³/mol. The minimum absolute atomic E-state index is 0.280. The van der Waals surface area contributed by atoms with Gasteiger partial charge in [0.05, 0.1) is 5.02 Å². The summed E-state index contributed by atoms with van der Waals surface area (Å²) in [4.78, 5) is 10.6. The highest BCUT2D eigenvalue weighted by atomic mass is 35.5. The number of hydrogen-bond acceptors (Lipinski definition) is 3. The number of nitrogens with two attached hydrogens (primary N) is 1. The molecule has 0 aliphatic carbocycles. The summed E-state index contributed by atoms with van der Waals surface area (Å²) in [6.07, 6.45) is -0.747. The molecule has 1 aromatic carbocycles. The summed E-state index contributed by atoms with van der Waals surface area (Å²) >= 11 is 5.68. The van der Waals surface area contributed by atoms with Crippen LogP contribution in [0.4, 0.5) is 4.79 Å². The Hall–Kier alpha value is -1.26. The molecule has 0 aliphatic heterocycles. The topological polar surface area (TPSA) is 64.3 Å². The first kappa shape index (κ1) is 8.83. The van der Waals surface area contributed by atoms with Gasteiger partial charge in [-0.2, -0.15) is 0 Å². The fraction of sp³-hybridized carbons (Fsp3) is 0. The van der Waals surface area contributed by atoms with Gasteiger partial charge in [0.15, 0.2) is 5.75 Å². The normalized spacial score (nSPS) is 9.17. The Morgan fingerprint density at radius 2 is 2.17 bits per heavy atom. The second kappa shape index (κ2) is 3.94. The van der Waals surface area contributed by atoms with Gasteiger partial charge in [-0.15, -0.1) is 0 Å². The highest BCUT2D eigenvalue weighted by Crippen LogP contribution is 2.22. The average molecular weight is 187 g/mol. The van der Waals surface area contributed by atoms with Crippen molar-refractivity contribution in [2.75, 3.05) is 0 Å². The van der Waals surface area contributed by atoms with Crippen molar-refractivity contribution in [1.82, 2.24) is 5.43 Å². The molecule has 0 aliphatic rings. The van der Waals surface area contributed by atoms with Crippen molar-refractivity contribution in [3.63, 3.8) is 0 Å². The van der Waals surface area contributed by atoms with Crippen molar-refractivity contribution < 1.29 is 9.53 Å². The first-order valence-corrected chi connectivity index (χ1v) is 3.55. The van der Waals surface area contributed by atoms with E-state index in [2.05, 4.69) is 4.74 Å². The molecule has 0 atom stereocenters. The number of ether oxygens (including phenoxy) is 1. The van der Waals surface area contributed by atoms with E-state index in [1.807, 2.05) is 5.43 Å². The van der Waals surface area contributed by atoms with Gasteiger partial charge < -0.3 is 4.74 Å². The SMILES string of the molecule is NNC(=O)Oc1ccccc1Cl. The molecule has 1 amide bonds.